The van der Waals surface area contributed by atoms with Crippen molar-refractivity contribution in [2.75, 3.05) is 24.7 Å². The van der Waals surface area contributed by atoms with Crippen molar-refractivity contribution in [2.45, 2.75) is 74.4 Å². The first-order chi connectivity index (χ1) is 16.5. The molecule has 1 aromatic carbocycles. The first kappa shape index (κ1) is 28.5. The topological polar surface area (TPSA) is 98.6 Å². The number of hydrogen-bond acceptors (Lipinski definition) is 10. The fraction of sp³-hybridized carbons (Fsp3) is 0.583. The zero-order chi connectivity index (χ0) is 24.8. The van der Waals surface area contributed by atoms with E-state index >= 15 is 0 Å². The van der Waals surface area contributed by atoms with Gasteiger partial charge in [-0.3, -0.25) is 9.59 Å². The lowest BCUT2D eigenvalue weighted by molar-refractivity contribution is -0.143. The second-order valence-corrected chi connectivity index (χ2v) is 11.3. The summed E-state index contributed by atoms with van der Waals surface area (Å²) in [6.45, 7) is 6.27. The van der Waals surface area contributed by atoms with E-state index in [0.717, 1.165) is 52.3 Å². The molecule has 188 valence electrons. The number of hydrogen-bond donors (Lipinski definition) is 1. The Morgan fingerprint density at radius 3 is 2.38 bits per heavy atom. The number of ether oxygens (including phenoxy) is 2. The number of unbranched alkanes of at least 4 members (excludes halogenated alkanes) is 2. The number of rotatable bonds is 17. The van der Waals surface area contributed by atoms with Crippen LogP contribution in [0, 0.1) is 0 Å². The summed E-state index contributed by atoms with van der Waals surface area (Å²) < 4.78 is 12.8. The van der Waals surface area contributed by atoms with Gasteiger partial charge in [0.1, 0.15) is 11.5 Å². The molecule has 0 aliphatic heterocycles. The normalized spacial score (nSPS) is 10.9. The minimum Gasteiger partial charge on any atom is -0.507 e. The van der Waals surface area contributed by atoms with Crippen molar-refractivity contribution < 1.29 is 24.2 Å². The lowest BCUT2D eigenvalue weighted by Gasteiger charge is -2.14. The lowest BCUT2D eigenvalue weighted by atomic mass is 10.0. The maximum absolute atomic E-state index is 11.7. The molecule has 10 heteroatoms. The van der Waals surface area contributed by atoms with Gasteiger partial charge >= 0.3 is 5.97 Å². The predicted molar refractivity (Wildman–Crippen MR) is 139 cm³/mol. The van der Waals surface area contributed by atoms with E-state index in [1.807, 2.05) is 13.8 Å². The highest BCUT2D eigenvalue weighted by atomic mass is 32.2. The summed E-state index contributed by atoms with van der Waals surface area (Å²) in [6, 6.07) is 3.40. The van der Waals surface area contributed by atoms with E-state index in [4.69, 9.17) is 9.47 Å². The fourth-order valence-electron chi connectivity index (χ4n) is 3.18. The summed E-state index contributed by atoms with van der Waals surface area (Å²) in [6.07, 6.45) is 5.73. The SMILES string of the molecule is CCCc1c(OCCCSc2nnc(SCCCCCC(=O)OCC)s2)ccc(C(C)=O)c1O. The molecule has 2 rings (SSSR count). The number of ketones is 1. The number of thioether (sulfide) groups is 2. The van der Waals surface area contributed by atoms with Gasteiger partial charge < -0.3 is 14.6 Å². The van der Waals surface area contributed by atoms with Crippen LogP contribution in [-0.2, 0) is 16.0 Å². The van der Waals surface area contributed by atoms with Crippen molar-refractivity contribution in [1.29, 1.82) is 0 Å². The molecule has 1 aromatic heterocycles. The highest BCUT2D eigenvalue weighted by Crippen LogP contribution is 2.33. The van der Waals surface area contributed by atoms with Crippen LogP contribution in [0.2, 0.25) is 0 Å². The third-order valence-electron chi connectivity index (χ3n) is 4.83. The van der Waals surface area contributed by atoms with Gasteiger partial charge in [0.15, 0.2) is 14.5 Å². The molecule has 0 aliphatic carbocycles. The van der Waals surface area contributed by atoms with Crippen molar-refractivity contribution in [1.82, 2.24) is 10.2 Å². The van der Waals surface area contributed by atoms with E-state index in [-0.39, 0.29) is 17.5 Å². The summed E-state index contributed by atoms with van der Waals surface area (Å²) in [7, 11) is 0. The molecule has 2 aromatic rings. The van der Waals surface area contributed by atoms with Gasteiger partial charge in [-0.15, -0.1) is 10.2 Å². The Kier molecular flexibility index (Phi) is 13.4. The zero-order valence-electron chi connectivity index (χ0n) is 20.1. The fourth-order valence-corrected chi connectivity index (χ4v) is 6.26. The second kappa shape index (κ2) is 16.0. The molecule has 0 bridgehead atoms. The summed E-state index contributed by atoms with van der Waals surface area (Å²) in [5.74, 6) is 2.24. The van der Waals surface area contributed by atoms with E-state index in [0.29, 0.717) is 42.9 Å². The average molecular weight is 527 g/mol. The van der Waals surface area contributed by atoms with Gasteiger partial charge in [0, 0.05) is 23.5 Å². The standard InChI is InChI=1S/C24H34N2O5S3/c1-4-10-19-20(13-12-18(17(3)27)22(19)29)31-14-9-16-33-24-26-25-23(34-24)32-15-8-6-7-11-21(28)30-5-2/h12-13,29H,4-11,14-16H2,1-3H3. The van der Waals surface area contributed by atoms with Gasteiger partial charge in [-0.2, -0.15) is 0 Å². The van der Waals surface area contributed by atoms with E-state index in [1.165, 1.54) is 6.92 Å². The molecule has 0 aliphatic rings. The van der Waals surface area contributed by atoms with Gasteiger partial charge in [0.2, 0.25) is 0 Å². The summed E-state index contributed by atoms with van der Waals surface area (Å²) >= 11 is 4.97. The smallest absolute Gasteiger partial charge is 0.305 e. The molecule has 0 radical (unpaired) electrons. The number of carbonyl (C=O) groups is 2. The molecule has 1 heterocycles. The number of aromatic hydroxyl groups is 1. The van der Waals surface area contributed by atoms with Crippen molar-refractivity contribution >= 4 is 46.6 Å². The van der Waals surface area contributed by atoms with Crippen LogP contribution >= 0.6 is 34.9 Å². The average Bonchev–Trinajstić information content (AvgIpc) is 3.25. The molecule has 0 atom stereocenters. The maximum atomic E-state index is 11.7. The Hall–Kier alpha value is -1.78. The zero-order valence-corrected chi connectivity index (χ0v) is 22.6. The van der Waals surface area contributed by atoms with Crippen molar-refractivity contribution in [3.05, 3.63) is 23.3 Å². The monoisotopic (exact) mass is 526 g/mol. The molecule has 0 saturated carbocycles. The first-order valence-corrected chi connectivity index (χ1v) is 14.5. The number of phenolic OH excluding ortho intramolecular Hbond substituents is 1. The number of Topliss-reactive ketones (excluding diaryl/α,β-unsaturated/α-hetero) is 1. The van der Waals surface area contributed by atoms with Crippen LogP contribution in [0.5, 0.6) is 11.5 Å². The molecule has 7 nitrogen and oxygen atoms in total. The molecule has 0 saturated heterocycles. The van der Waals surface area contributed by atoms with Gasteiger partial charge in [-0.1, -0.05) is 54.6 Å². The molecule has 34 heavy (non-hydrogen) atoms. The van der Waals surface area contributed by atoms with Crippen LogP contribution in [0.3, 0.4) is 0 Å². The Balaban J connectivity index is 1.65. The third kappa shape index (κ3) is 9.84. The van der Waals surface area contributed by atoms with Crippen LogP contribution in [-0.4, -0.2) is 51.8 Å². The van der Waals surface area contributed by atoms with Crippen LogP contribution in [0.1, 0.15) is 75.2 Å². The van der Waals surface area contributed by atoms with E-state index in [1.54, 1.807) is 47.0 Å². The largest absolute Gasteiger partial charge is 0.507 e. The Labute approximate surface area is 214 Å². The molecular weight excluding hydrogens is 492 g/mol. The Morgan fingerprint density at radius 1 is 1.03 bits per heavy atom. The van der Waals surface area contributed by atoms with E-state index < -0.39 is 0 Å². The third-order valence-corrected chi connectivity index (χ3v) is 8.20. The molecule has 1 N–H and O–H groups in total. The minimum atomic E-state index is -0.151. The molecule has 0 fully saturated rings. The number of esters is 1. The van der Waals surface area contributed by atoms with E-state index in [2.05, 4.69) is 10.2 Å². The summed E-state index contributed by atoms with van der Waals surface area (Å²) in [5, 5.41) is 18.9. The number of aromatic nitrogens is 2. The maximum Gasteiger partial charge on any atom is 0.305 e. The molecule has 0 spiro atoms. The first-order valence-electron chi connectivity index (χ1n) is 11.7. The predicted octanol–water partition coefficient (Wildman–Crippen LogP) is 6.18. The molecular formula is C24H34N2O5S3. The number of phenols is 1. The van der Waals surface area contributed by atoms with Gasteiger partial charge in [0.05, 0.1) is 18.8 Å². The number of carbonyl (C=O) groups excluding carboxylic acids is 2. The van der Waals surface area contributed by atoms with Gasteiger partial charge in [-0.25, -0.2) is 0 Å². The lowest BCUT2D eigenvalue weighted by Crippen LogP contribution is -2.04. The van der Waals surface area contributed by atoms with Crippen LogP contribution < -0.4 is 4.74 Å². The van der Waals surface area contributed by atoms with Crippen molar-refractivity contribution in [2.24, 2.45) is 0 Å². The minimum absolute atomic E-state index is 0.0408. The highest BCUT2D eigenvalue weighted by Gasteiger charge is 2.16. The quantitative estimate of drug-likeness (QED) is 0.112. The Morgan fingerprint density at radius 2 is 1.74 bits per heavy atom. The number of nitrogens with zero attached hydrogens (tertiary/aromatic N) is 2. The van der Waals surface area contributed by atoms with Crippen LogP contribution in [0.15, 0.2) is 20.8 Å². The summed E-state index contributed by atoms with van der Waals surface area (Å²) in [5.41, 5.74) is 1.04. The molecule has 0 unspecified atom stereocenters. The van der Waals surface area contributed by atoms with E-state index in [9.17, 15) is 14.7 Å². The van der Waals surface area contributed by atoms with Crippen molar-refractivity contribution in [3.8, 4) is 11.5 Å². The van der Waals surface area contributed by atoms with Crippen LogP contribution in [0.4, 0.5) is 0 Å². The molecule has 0 amide bonds. The van der Waals surface area contributed by atoms with Crippen LogP contribution in [0.25, 0.3) is 0 Å². The summed E-state index contributed by atoms with van der Waals surface area (Å²) in [4.78, 5) is 23.0. The Bertz CT molecular complexity index is 920. The van der Waals surface area contributed by atoms with Gasteiger partial charge in [0.25, 0.3) is 0 Å². The van der Waals surface area contributed by atoms with Gasteiger partial charge in [-0.05, 0) is 51.7 Å². The number of benzene rings is 1. The highest BCUT2D eigenvalue weighted by molar-refractivity contribution is 8.03. The van der Waals surface area contributed by atoms with Crippen molar-refractivity contribution in [3.63, 3.8) is 0 Å². The second-order valence-electron chi connectivity index (χ2n) is 7.59.